The maximum Gasteiger partial charge on any atom is 0.269 e. The Labute approximate surface area is 292 Å². The molecule has 0 radical (unpaired) electrons. The number of carbonyl (C=O) groups excluding carboxylic acids is 2. The van der Waals surface area contributed by atoms with E-state index in [1.807, 2.05) is 73.7 Å². The van der Waals surface area contributed by atoms with Crippen molar-refractivity contribution in [3.8, 4) is 17.2 Å². The van der Waals surface area contributed by atoms with Crippen LogP contribution in [0.5, 0.6) is 11.5 Å². The highest BCUT2D eigenvalue weighted by molar-refractivity contribution is 7.99. The molecule has 6 rings (SSSR count). The van der Waals surface area contributed by atoms with Crippen molar-refractivity contribution in [3.63, 3.8) is 0 Å². The first-order chi connectivity index (χ1) is 24.3. The molecule has 50 heavy (non-hydrogen) atoms. The Hall–Kier alpha value is -6.02. The van der Waals surface area contributed by atoms with E-state index in [1.54, 1.807) is 35.9 Å². The predicted molar refractivity (Wildman–Crippen MR) is 187 cm³/mol. The van der Waals surface area contributed by atoms with Gasteiger partial charge in [0.15, 0.2) is 17.6 Å². The van der Waals surface area contributed by atoms with Gasteiger partial charge >= 0.3 is 0 Å². The highest BCUT2D eigenvalue weighted by atomic mass is 32.2. The van der Waals surface area contributed by atoms with Crippen LogP contribution in [0.2, 0.25) is 0 Å². The Morgan fingerprint density at radius 3 is 2.34 bits per heavy atom. The summed E-state index contributed by atoms with van der Waals surface area (Å²) in [7, 11) is 1.61. The van der Waals surface area contributed by atoms with E-state index in [0.717, 1.165) is 39.9 Å². The summed E-state index contributed by atoms with van der Waals surface area (Å²) in [6.07, 6.45) is 0.530. The topological polar surface area (TPSA) is 154 Å². The Balaban J connectivity index is 1.22. The van der Waals surface area contributed by atoms with Gasteiger partial charge in [-0.15, -0.1) is 10.2 Å². The summed E-state index contributed by atoms with van der Waals surface area (Å²) < 4.78 is 12.5. The van der Waals surface area contributed by atoms with Gasteiger partial charge in [0.25, 0.3) is 17.5 Å². The molecule has 1 aliphatic heterocycles. The maximum atomic E-state index is 13.9. The van der Waals surface area contributed by atoms with Gasteiger partial charge in [0.1, 0.15) is 11.5 Å². The molecule has 0 spiro atoms. The first kappa shape index (κ1) is 33.9. The number of amides is 2. The number of hydrazone groups is 1. The van der Waals surface area contributed by atoms with Gasteiger partial charge in [0.05, 0.1) is 36.1 Å². The first-order valence-corrected chi connectivity index (χ1v) is 16.6. The fraction of sp³-hybridized carbons (Fsp3) is 0.194. The molecule has 1 aromatic heterocycles. The van der Waals surface area contributed by atoms with Crippen LogP contribution in [0.3, 0.4) is 0 Å². The van der Waals surface area contributed by atoms with Crippen LogP contribution in [0.25, 0.3) is 5.69 Å². The third-order valence-corrected chi connectivity index (χ3v) is 8.87. The molecule has 0 saturated heterocycles. The van der Waals surface area contributed by atoms with Crippen molar-refractivity contribution in [1.29, 1.82) is 0 Å². The minimum atomic E-state index is -0.487. The molecule has 0 aliphatic carbocycles. The molecule has 0 fully saturated rings. The Bertz CT molecular complexity index is 2000. The zero-order valence-electron chi connectivity index (χ0n) is 27.3. The number of nitro benzene ring substituents is 1. The Morgan fingerprint density at radius 1 is 0.940 bits per heavy atom. The fourth-order valence-corrected chi connectivity index (χ4v) is 6.15. The summed E-state index contributed by atoms with van der Waals surface area (Å²) in [5.41, 5.74) is 4.19. The number of carbonyl (C=O) groups is 2. The summed E-state index contributed by atoms with van der Waals surface area (Å²) in [5.74, 6) is 1.00. The number of hydrogen-bond acceptors (Lipinski definition) is 10. The Kier molecular flexibility index (Phi) is 10.5. The number of nitrogens with zero attached hydrogens (tertiary/aromatic N) is 6. The van der Waals surface area contributed by atoms with Gasteiger partial charge in [-0.1, -0.05) is 59.8 Å². The van der Waals surface area contributed by atoms with Gasteiger partial charge in [-0.3, -0.25) is 24.3 Å². The zero-order chi connectivity index (χ0) is 35.0. The van der Waals surface area contributed by atoms with Crippen molar-refractivity contribution in [1.82, 2.24) is 25.1 Å². The number of nitro groups is 1. The smallest absolute Gasteiger partial charge is 0.269 e. The van der Waals surface area contributed by atoms with Crippen LogP contribution in [-0.2, 0) is 16.1 Å². The fourth-order valence-electron chi connectivity index (χ4n) is 5.32. The number of aromatic nitrogens is 3. The Morgan fingerprint density at radius 2 is 1.66 bits per heavy atom. The first-order valence-electron chi connectivity index (χ1n) is 15.7. The molecule has 4 aromatic carbocycles. The zero-order valence-corrected chi connectivity index (χ0v) is 28.1. The van der Waals surface area contributed by atoms with Gasteiger partial charge in [-0.25, -0.2) is 5.01 Å². The molecular formula is C36H33N7O6S. The predicted octanol–water partition coefficient (Wildman–Crippen LogP) is 5.66. The third kappa shape index (κ3) is 7.98. The second-order valence-electron chi connectivity index (χ2n) is 11.3. The number of ether oxygens (including phenoxy) is 2. The lowest BCUT2D eigenvalue weighted by molar-refractivity contribution is -0.384. The number of nitrogens with one attached hydrogen (secondary N) is 1. The number of hydrogen-bond donors (Lipinski definition) is 1. The van der Waals surface area contributed by atoms with E-state index < -0.39 is 4.92 Å². The molecule has 0 bridgehead atoms. The SMILES string of the molecule is COc1ccc(C2=NN(C(=O)CSc3nnc(CNC(=O)COc4ccccc4)n3-c3ccc([N+](=O)[O-])cc3)[C@H](c3ccc(C)cc3)C2)cc1. The van der Waals surface area contributed by atoms with Crippen LogP contribution in [-0.4, -0.2) is 61.7 Å². The molecule has 0 saturated carbocycles. The van der Waals surface area contributed by atoms with Crippen LogP contribution in [0.15, 0.2) is 113 Å². The quantitative estimate of drug-likeness (QED) is 0.0936. The largest absolute Gasteiger partial charge is 0.497 e. The lowest BCUT2D eigenvalue weighted by Gasteiger charge is -2.22. The highest BCUT2D eigenvalue weighted by Crippen LogP contribution is 2.34. The number of methoxy groups -OCH3 is 1. The molecule has 254 valence electrons. The average Bonchev–Trinajstić information content (AvgIpc) is 3.78. The molecule has 2 heterocycles. The highest BCUT2D eigenvalue weighted by Gasteiger charge is 2.33. The molecule has 1 atom stereocenters. The maximum absolute atomic E-state index is 13.9. The van der Waals surface area contributed by atoms with E-state index in [1.165, 1.54) is 17.1 Å². The van der Waals surface area contributed by atoms with Crippen molar-refractivity contribution >= 4 is 35.0 Å². The minimum Gasteiger partial charge on any atom is -0.497 e. The van der Waals surface area contributed by atoms with E-state index in [-0.39, 0.29) is 42.4 Å². The molecule has 1 aliphatic rings. The number of aryl methyl sites for hydroxylation is 1. The van der Waals surface area contributed by atoms with Gasteiger partial charge in [0.2, 0.25) is 0 Å². The second kappa shape index (κ2) is 15.5. The van der Waals surface area contributed by atoms with E-state index in [0.29, 0.717) is 28.8 Å². The van der Waals surface area contributed by atoms with Crippen LogP contribution in [0.1, 0.15) is 35.0 Å². The second-order valence-corrected chi connectivity index (χ2v) is 12.3. The average molecular weight is 692 g/mol. The number of thioether (sulfide) groups is 1. The molecule has 1 N–H and O–H groups in total. The lowest BCUT2D eigenvalue weighted by Crippen LogP contribution is -2.29. The molecule has 2 amide bonds. The van der Waals surface area contributed by atoms with Crippen molar-refractivity contribution in [2.75, 3.05) is 19.5 Å². The minimum absolute atomic E-state index is 0.00733. The van der Waals surface area contributed by atoms with Gasteiger partial charge in [-0.05, 0) is 66.6 Å². The molecular weight excluding hydrogens is 659 g/mol. The van der Waals surface area contributed by atoms with Gasteiger partial charge in [-0.2, -0.15) is 5.10 Å². The summed E-state index contributed by atoms with van der Waals surface area (Å²) in [6, 6.07) is 30.1. The van der Waals surface area contributed by atoms with Crippen molar-refractivity contribution in [2.24, 2.45) is 5.10 Å². The van der Waals surface area contributed by atoms with Crippen molar-refractivity contribution in [2.45, 2.75) is 31.1 Å². The summed E-state index contributed by atoms with van der Waals surface area (Å²) in [6.45, 7) is 1.80. The third-order valence-electron chi connectivity index (χ3n) is 7.95. The van der Waals surface area contributed by atoms with E-state index in [4.69, 9.17) is 14.6 Å². The van der Waals surface area contributed by atoms with Gasteiger partial charge in [0, 0.05) is 24.2 Å². The van der Waals surface area contributed by atoms with Gasteiger partial charge < -0.3 is 14.8 Å². The molecule has 0 unspecified atom stereocenters. The number of non-ortho nitro benzene ring substituents is 1. The lowest BCUT2D eigenvalue weighted by atomic mass is 9.97. The standard InChI is InChI=1S/C36H33N7O6S/c1-24-8-10-26(11-9-24)32-20-31(25-12-18-29(48-2)19-13-25)40-42(32)35(45)23-50-36-39-38-33(41(36)27-14-16-28(17-15-27)43(46)47)21-37-34(44)22-49-30-6-4-3-5-7-30/h3-19,32H,20-23H2,1-2H3,(H,37,44)/t32-/m0/s1. The van der Waals surface area contributed by atoms with Crippen LogP contribution < -0.4 is 14.8 Å². The van der Waals surface area contributed by atoms with Crippen molar-refractivity contribution in [3.05, 3.63) is 136 Å². The van der Waals surface area contributed by atoms with E-state index >= 15 is 0 Å². The number of rotatable bonds is 13. The molecule has 5 aromatic rings. The summed E-state index contributed by atoms with van der Waals surface area (Å²) in [5, 5.41) is 29.4. The molecule has 14 heteroatoms. The molecule has 13 nitrogen and oxygen atoms in total. The van der Waals surface area contributed by atoms with E-state index in [9.17, 15) is 19.7 Å². The van der Waals surface area contributed by atoms with Crippen LogP contribution in [0.4, 0.5) is 5.69 Å². The summed E-state index contributed by atoms with van der Waals surface area (Å²) >= 11 is 1.15. The monoisotopic (exact) mass is 691 g/mol. The normalized spacial score (nSPS) is 13.8. The number of benzene rings is 4. The van der Waals surface area contributed by atoms with Crippen LogP contribution in [0, 0.1) is 17.0 Å². The van der Waals surface area contributed by atoms with Crippen molar-refractivity contribution < 1.29 is 24.0 Å². The van der Waals surface area contributed by atoms with E-state index in [2.05, 4.69) is 15.5 Å². The van der Waals surface area contributed by atoms with Crippen LogP contribution >= 0.6 is 11.8 Å². The number of para-hydroxylation sites is 1. The summed E-state index contributed by atoms with van der Waals surface area (Å²) in [4.78, 5) is 37.3.